The normalized spacial score (nSPS) is 11.7. The molecule has 2 N–H and O–H groups in total. The Bertz CT molecular complexity index is 684. The number of ether oxygens (including phenoxy) is 2. The summed E-state index contributed by atoms with van der Waals surface area (Å²) in [5.74, 6) is 1.33. The minimum absolute atomic E-state index is 0.184. The predicted molar refractivity (Wildman–Crippen MR) is 92.6 cm³/mol. The number of carbonyl (C=O) groups excluding carboxylic acids is 1. The molecule has 24 heavy (non-hydrogen) atoms. The Hall–Kier alpha value is -2.70. The number of rotatable bonds is 7. The number of methoxy groups -OCH3 is 1. The molecule has 2 amide bonds. The van der Waals surface area contributed by atoms with Crippen LogP contribution in [0.1, 0.15) is 32.4 Å². The fourth-order valence-corrected chi connectivity index (χ4v) is 2.28. The maximum atomic E-state index is 12.1. The second kappa shape index (κ2) is 8.24. The highest BCUT2D eigenvalue weighted by Gasteiger charge is 2.13. The Kier molecular flexibility index (Phi) is 6.06. The van der Waals surface area contributed by atoms with E-state index in [1.165, 1.54) is 0 Å². The minimum atomic E-state index is -0.286. The fraction of sp³-hybridized carbons (Fsp3) is 0.412. The summed E-state index contributed by atoms with van der Waals surface area (Å²) in [5, 5.41) is 9.78. The first-order chi connectivity index (χ1) is 11.6. The lowest BCUT2D eigenvalue weighted by molar-refractivity contribution is 0.249. The first kappa shape index (κ1) is 17.7. The van der Waals surface area contributed by atoms with Crippen LogP contribution in [0.25, 0.3) is 0 Å². The quantitative estimate of drug-likeness (QED) is 0.816. The maximum absolute atomic E-state index is 12.1. The van der Waals surface area contributed by atoms with Crippen molar-refractivity contribution in [2.24, 2.45) is 0 Å². The van der Waals surface area contributed by atoms with Crippen molar-refractivity contribution >= 4 is 11.7 Å². The molecule has 2 aromatic rings. The van der Waals surface area contributed by atoms with Crippen LogP contribution in [0.3, 0.4) is 0 Å². The molecule has 7 nitrogen and oxygen atoms in total. The number of amides is 2. The van der Waals surface area contributed by atoms with Crippen LogP contribution in [0.4, 0.5) is 10.5 Å². The summed E-state index contributed by atoms with van der Waals surface area (Å²) in [4.78, 5) is 12.1. The highest BCUT2D eigenvalue weighted by atomic mass is 16.5. The molecular formula is C17H24N4O3. The van der Waals surface area contributed by atoms with Gasteiger partial charge in [0, 0.05) is 12.7 Å². The van der Waals surface area contributed by atoms with Crippen LogP contribution in [0.2, 0.25) is 0 Å². The Labute approximate surface area is 142 Å². The number of hydrogen-bond donors (Lipinski definition) is 2. The number of urea groups is 1. The highest BCUT2D eigenvalue weighted by Crippen LogP contribution is 2.30. The highest BCUT2D eigenvalue weighted by molar-refractivity contribution is 5.89. The van der Waals surface area contributed by atoms with Crippen molar-refractivity contribution in [2.75, 3.05) is 19.0 Å². The predicted octanol–water partition coefficient (Wildman–Crippen LogP) is 3.19. The molecule has 1 atom stereocenters. The smallest absolute Gasteiger partial charge is 0.319 e. The van der Waals surface area contributed by atoms with E-state index in [4.69, 9.17) is 9.47 Å². The first-order valence-corrected chi connectivity index (χ1v) is 7.98. The summed E-state index contributed by atoms with van der Waals surface area (Å²) in [6, 6.07) is 5.15. The van der Waals surface area contributed by atoms with Gasteiger partial charge in [0.25, 0.3) is 0 Å². The van der Waals surface area contributed by atoms with Crippen molar-refractivity contribution < 1.29 is 14.3 Å². The van der Waals surface area contributed by atoms with Crippen LogP contribution in [0.15, 0.2) is 30.6 Å². The van der Waals surface area contributed by atoms with Crippen molar-refractivity contribution in [3.63, 3.8) is 0 Å². The number of aryl methyl sites for hydroxylation is 1. The zero-order valence-corrected chi connectivity index (χ0v) is 14.5. The topological polar surface area (TPSA) is 77.4 Å². The molecule has 0 aliphatic heterocycles. The molecule has 1 aromatic carbocycles. The molecule has 1 aromatic heterocycles. The van der Waals surface area contributed by atoms with Gasteiger partial charge in [-0.05, 0) is 38.5 Å². The van der Waals surface area contributed by atoms with Crippen molar-refractivity contribution in [2.45, 2.75) is 33.4 Å². The molecule has 0 radical (unpaired) electrons. The van der Waals surface area contributed by atoms with Gasteiger partial charge in [-0.3, -0.25) is 4.68 Å². The fourth-order valence-electron chi connectivity index (χ4n) is 2.28. The van der Waals surface area contributed by atoms with E-state index in [1.807, 2.05) is 39.0 Å². The van der Waals surface area contributed by atoms with E-state index in [0.29, 0.717) is 23.8 Å². The van der Waals surface area contributed by atoms with Gasteiger partial charge in [0.15, 0.2) is 11.5 Å². The van der Waals surface area contributed by atoms with E-state index in [9.17, 15) is 4.79 Å². The standard InChI is InChI=1S/C17H24N4O3/c1-5-21-11-14(10-18-21)20-17(22)19-12(3)13-7-8-15(24-6-2)16(9-13)23-4/h7-12H,5-6H2,1-4H3,(H2,19,20,22)/t12-/m1/s1. The lowest BCUT2D eigenvalue weighted by Crippen LogP contribution is -2.31. The SMILES string of the molecule is CCOc1ccc([C@@H](C)NC(=O)Nc2cnn(CC)c2)cc1OC. The third-order valence-corrected chi connectivity index (χ3v) is 3.55. The number of carbonyl (C=O) groups is 1. The Balaban J connectivity index is 2.00. The largest absolute Gasteiger partial charge is 0.493 e. The van der Waals surface area contributed by atoms with Crippen LogP contribution in [0.5, 0.6) is 11.5 Å². The van der Waals surface area contributed by atoms with Crippen molar-refractivity contribution in [3.05, 3.63) is 36.2 Å². The van der Waals surface area contributed by atoms with Crippen molar-refractivity contribution in [1.29, 1.82) is 0 Å². The van der Waals surface area contributed by atoms with Gasteiger partial charge in [-0.1, -0.05) is 6.07 Å². The third kappa shape index (κ3) is 4.41. The summed E-state index contributed by atoms with van der Waals surface area (Å²) in [6.45, 7) is 7.13. The second-order valence-corrected chi connectivity index (χ2v) is 5.25. The summed E-state index contributed by atoms with van der Waals surface area (Å²) < 4.78 is 12.6. The molecule has 0 saturated carbocycles. The molecule has 0 aliphatic carbocycles. The van der Waals surface area contributed by atoms with Gasteiger partial charge in [-0.25, -0.2) is 4.79 Å². The number of nitrogens with zero attached hydrogens (tertiary/aromatic N) is 2. The van der Waals surface area contributed by atoms with Crippen LogP contribution in [0, 0.1) is 0 Å². The number of benzene rings is 1. The van der Waals surface area contributed by atoms with E-state index in [0.717, 1.165) is 12.1 Å². The van der Waals surface area contributed by atoms with Crippen LogP contribution >= 0.6 is 0 Å². The monoisotopic (exact) mass is 332 g/mol. The van der Waals surface area contributed by atoms with Gasteiger partial charge in [0.05, 0.1) is 31.6 Å². The summed E-state index contributed by atoms with van der Waals surface area (Å²) >= 11 is 0. The zero-order chi connectivity index (χ0) is 17.5. The minimum Gasteiger partial charge on any atom is -0.493 e. The van der Waals surface area contributed by atoms with Crippen LogP contribution in [-0.2, 0) is 6.54 Å². The van der Waals surface area contributed by atoms with Crippen LogP contribution in [-0.4, -0.2) is 29.5 Å². The molecule has 0 spiro atoms. The van der Waals surface area contributed by atoms with Gasteiger partial charge in [0.1, 0.15) is 0 Å². The molecule has 0 fully saturated rings. The molecule has 0 saturated heterocycles. The summed E-state index contributed by atoms with van der Waals surface area (Å²) in [7, 11) is 1.60. The molecule has 130 valence electrons. The second-order valence-electron chi connectivity index (χ2n) is 5.25. The lowest BCUT2D eigenvalue weighted by Gasteiger charge is -2.17. The molecule has 0 unspecified atom stereocenters. The van der Waals surface area contributed by atoms with Gasteiger partial charge in [0.2, 0.25) is 0 Å². The molecule has 7 heteroatoms. The average Bonchev–Trinajstić information content (AvgIpc) is 3.02. The third-order valence-electron chi connectivity index (χ3n) is 3.55. The Morgan fingerprint density at radius 3 is 2.75 bits per heavy atom. The zero-order valence-electron chi connectivity index (χ0n) is 14.5. The molecule has 2 rings (SSSR count). The van der Waals surface area contributed by atoms with E-state index >= 15 is 0 Å². The lowest BCUT2D eigenvalue weighted by atomic mass is 10.1. The van der Waals surface area contributed by atoms with Gasteiger partial charge in [-0.15, -0.1) is 0 Å². The van der Waals surface area contributed by atoms with Crippen LogP contribution < -0.4 is 20.1 Å². The number of hydrogen-bond acceptors (Lipinski definition) is 4. The number of aromatic nitrogens is 2. The molecule has 0 bridgehead atoms. The van der Waals surface area contributed by atoms with E-state index in [1.54, 1.807) is 24.2 Å². The Morgan fingerprint density at radius 2 is 2.12 bits per heavy atom. The average molecular weight is 332 g/mol. The number of nitrogens with one attached hydrogen (secondary N) is 2. The van der Waals surface area contributed by atoms with Crippen molar-refractivity contribution in [1.82, 2.24) is 15.1 Å². The first-order valence-electron chi connectivity index (χ1n) is 7.98. The van der Waals surface area contributed by atoms with E-state index < -0.39 is 0 Å². The Morgan fingerprint density at radius 1 is 1.33 bits per heavy atom. The summed E-state index contributed by atoms with van der Waals surface area (Å²) in [5.41, 5.74) is 1.58. The molecule has 1 heterocycles. The number of anilines is 1. The van der Waals surface area contributed by atoms with E-state index in [-0.39, 0.29) is 12.1 Å². The molecule has 0 aliphatic rings. The van der Waals surface area contributed by atoms with Gasteiger partial charge >= 0.3 is 6.03 Å². The maximum Gasteiger partial charge on any atom is 0.319 e. The van der Waals surface area contributed by atoms with Gasteiger partial charge < -0.3 is 20.1 Å². The van der Waals surface area contributed by atoms with Gasteiger partial charge in [-0.2, -0.15) is 5.10 Å². The van der Waals surface area contributed by atoms with Crippen molar-refractivity contribution in [3.8, 4) is 11.5 Å². The summed E-state index contributed by atoms with van der Waals surface area (Å²) in [6.07, 6.45) is 3.40. The molecular weight excluding hydrogens is 308 g/mol. The van der Waals surface area contributed by atoms with E-state index in [2.05, 4.69) is 15.7 Å².